The number of rotatable bonds is 5. The number of carbonyl (C=O) groups is 1. The number of halogens is 1. The third-order valence-electron chi connectivity index (χ3n) is 3.37. The highest BCUT2D eigenvalue weighted by Gasteiger charge is 2.15. The van der Waals surface area contributed by atoms with Gasteiger partial charge in [0.05, 0.1) is 10.2 Å². The molecule has 0 aliphatic carbocycles. The number of carbonyl (C=O) groups excluding carboxylic acids is 1. The first-order chi connectivity index (χ1) is 12.7. The summed E-state index contributed by atoms with van der Waals surface area (Å²) < 4.78 is 1.76. The lowest BCUT2D eigenvalue weighted by Gasteiger charge is -1.98. The number of benzene rings is 2. The Kier molecular flexibility index (Phi) is 5.16. The highest BCUT2D eigenvalue weighted by Crippen LogP contribution is 2.29. The van der Waals surface area contributed by atoms with Gasteiger partial charge in [0.1, 0.15) is 0 Å². The molecule has 0 radical (unpaired) electrons. The van der Waals surface area contributed by atoms with Gasteiger partial charge in [-0.25, -0.2) is 4.98 Å². The normalized spacial score (nSPS) is 11.0. The Balaban J connectivity index is 1.40. The second kappa shape index (κ2) is 7.71. The van der Waals surface area contributed by atoms with Crippen LogP contribution >= 0.6 is 46.0 Å². The molecule has 0 saturated carbocycles. The fourth-order valence-electron chi connectivity index (χ4n) is 2.21. The molecule has 1 N–H and O–H groups in total. The van der Waals surface area contributed by atoms with Crippen LogP contribution in [0.25, 0.3) is 10.2 Å². The van der Waals surface area contributed by atoms with Crippen molar-refractivity contribution < 1.29 is 4.79 Å². The molecule has 0 bridgehead atoms. The van der Waals surface area contributed by atoms with Crippen molar-refractivity contribution >= 4 is 67.3 Å². The van der Waals surface area contributed by atoms with Crippen LogP contribution in [0.1, 0.15) is 15.4 Å². The Morgan fingerprint density at radius 3 is 2.85 bits per heavy atom. The topological polar surface area (TPSA) is 67.8 Å². The number of thioether (sulfide) groups is 1. The van der Waals surface area contributed by atoms with Crippen molar-refractivity contribution in [2.24, 2.45) is 0 Å². The maximum Gasteiger partial charge on any atom is 0.286 e. The molecule has 130 valence electrons. The predicted molar refractivity (Wildman–Crippen MR) is 108 cm³/mol. The molecular formula is C17H11ClN4OS3. The average molecular weight is 419 g/mol. The summed E-state index contributed by atoms with van der Waals surface area (Å²) >= 11 is 10.2. The van der Waals surface area contributed by atoms with Crippen LogP contribution in [0, 0.1) is 0 Å². The fourth-order valence-corrected chi connectivity index (χ4v) is 4.97. The maximum atomic E-state index is 12.4. The van der Waals surface area contributed by atoms with Crippen molar-refractivity contribution in [1.29, 1.82) is 0 Å². The van der Waals surface area contributed by atoms with E-state index in [0.717, 1.165) is 25.9 Å². The Morgan fingerprint density at radius 2 is 2.00 bits per heavy atom. The van der Waals surface area contributed by atoms with Gasteiger partial charge in [0.25, 0.3) is 5.91 Å². The van der Waals surface area contributed by atoms with E-state index in [1.165, 1.54) is 22.7 Å². The van der Waals surface area contributed by atoms with Crippen LogP contribution in [-0.4, -0.2) is 21.1 Å². The largest absolute Gasteiger partial charge is 0.294 e. The number of aromatic nitrogens is 3. The monoisotopic (exact) mass is 418 g/mol. The predicted octanol–water partition coefficient (Wildman–Crippen LogP) is 5.35. The number of para-hydroxylation sites is 1. The number of fused-ring (bicyclic) bond motifs is 1. The summed E-state index contributed by atoms with van der Waals surface area (Å²) in [6.07, 6.45) is 0. The van der Waals surface area contributed by atoms with E-state index >= 15 is 0 Å². The quantitative estimate of drug-likeness (QED) is 0.349. The lowest BCUT2D eigenvalue weighted by molar-refractivity contribution is 0.102. The molecule has 2 aromatic heterocycles. The molecule has 5 nitrogen and oxygen atoms in total. The Bertz CT molecular complexity index is 1050. The summed E-state index contributed by atoms with van der Waals surface area (Å²) in [7, 11) is 0. The SMILES string of the molecule is O=C(Nc1nnc(SCc2cccc(Cl)c2)s1)c1nc2ccccc2s1. The van der Waals surface area contributed by atoms with Crippen molar-refractivity contribution in [3.8, 4) is 0 Å². The van der Waals surface area contributed by atoms with Gasteiger partial charge in [0, 0.05) is 10.8 Å². The number of nitrogens with zero attached hydrogens (tertiary/aromatic N) is 3. The minimum absolute atomic E-state index is 0.270. The summed E-state index contributed by atoms with van der Waals surface area (Å²) in [6.45, 7) is 0. The molecule has 0 atom stereocenters. The summed E-state index contributed by atoms with van der Waals surface area (Å²) in [5.74, 6) is 0.467. The zero-order valence-electron chi connectivity index (χ0n) is 13.2. The third kappa shape index (κ3) is 4.04. The van der Waals surface area contributed by atoms with E-state index in [1.807, 2.05) is 48.5 Å². The van der Waals surface area contributed by atoms with Gasteiger partial charge in [-0.2, -0.15) is 0 Å². The number of nitrogens with one attached hydrogen (secondary N) is 1. The van der Waals surface area contributed by atoms with Crippen LogP contribution in [0.2, 0.25) is 5.02 Å². The lowest BCUT2D eigenvalue weighted by Crippen LogP contribution is -2.11. The highest BCUT2D eigenvalue weighted by atomic mass is 35.5. The number of hydrogen-bond acceptors (Lipinski definition) is 7. The van der Waals surface area contributed by atoms with E-state index in [2.05, 4.69) is 20.5 Å². The van der Waals surface area contributed by atoms with Crippen molar-refractivity contribution in [3.63, 3.8) is 0 Å². The molecule has 0 aliphatic rings. The molecule has 0 spiro atoms. The van der Waals surface area contributed by atoms with Crippen LogP contribution in [0.15, 0.2) is 52.9 Å². The molecule has 0 fully saturated rings. The van der Waals surface area contributed by atoms with Gasteiger partial charge in [-0.15, -0.1) is 21.5 Å². The molecule has 1 amide bonds. The minimum Gasteiger partial charge on any atom is -0.294 e. The van der Waals surface area contributed by atoms with Crippen molar-refractivity contribution in [2.45, 2.75) is 10.1 Å². The third-order valence-corrected chi connectivity index (χ3v) is 6.68. The van der Waals surface area contributed by atoms with Crippen LogP contribution < -0.4 is 5.32 Å². The maximum absolute atomic E-state index is 12.4. The number of thiazole rings is 1. The molecule has 0 saturated heterocycles. The smallest absolute Gasteiger partial charge is 0.286 e. The van der Waals surface area contributed by atoms with E-state index in [9.17, 15) is 4.79 Å². The lowest BCUT2D eigenvalue weighted by atomic mass is 10.2. The molecule has 9 heteroatoms. The Labute approximate surface area is 166 Å². The Morgan fingerprint density at radius 1 is 1.12 bits per heavy atom. The van der Waals surface area contributed by atoms with E-state index in [0.29, 0.717) is 15.2 Å². The standard InChI is InChI=1S/C17H11ClN4OS3/c18-11-5-3-4-10(8-11)9-24-17-22-21-16(26-17)20-14(23)15-19-12-6-1-2-7-13(12)25-15/h1-8H,9H2,(H,20,21,23). The van der Waals surface area contributed by atoms with Gasteiger partial charge in [0.2, 0.25) is 5.13 Å². The van der Waals surface area contributed by atoms with Gasteiger partial charge in [0.15, 0.2) is 9.35 Å². The summed E-state index contributed by atoms with van der Waals surface area (Å²) in [6, 6.07) is 15.4. The molecule has 26 heavy (non-hydrogen) atoms. The molecular weight excluding hydrogens is 408 g/mol. The van der Waals surface area contributed by atoms with Gasteiger partial charge < -0.3 is 0 Å². The highest BCUT2D eigenvalue weighted by molar-refractivity contribution is 8.00. The van der Waals surface area contributed by atoms with Gasteiger partial charge in [-0.05, 0) is 29.8 Å². The van der Waals surface area contributed by atoms with Gasteiger partial charge >= 0.3 is 0 Å². The first-order valence-electron chi connectivity index (χ1n) is 7.55. The molecule has 0 aliphatic heterocycles. The Hall–Kier alpha value is -2.00. The van der Waals surface area contributed by atoms with E-state index < -0.39 is 0 Å². The summed E-state index contributed by atoms with van der Waals surface area (Å²) in [5.41, 5.74) is 1.93. The molecule has 0 unspecified atom stereocenters. The zero-order chi connectivity index (χ0) is 17.9. The number of anilines is 1. The first-order valence-corrected chi connectivity index (χ1v) is 10.5. The van der Waals surface area contributed by atoms with Crippen LogP contribution in [-0.2, 0) is 5.75 Å². The minimum atomic E-state index is -0.270. The fraction of sp³-hybridized carbons (Fsp3) is 0.0588. The van der Waals surface area contributed by atoms with Crippen molar-refractivity contribution in [3.05, 3.63) is 64.1 Å². The van der Waals surface area contributed by atoms with E-state index in [1.54, 1.807) is 11.8 Å². The second-order valence-corrected chi connectivity index (χ2v) is 8.90. The molecule has 2 aromatic carbocycles. The van der Waals surface area contributed by atoms with Crippen molar-refractivity contribution in [2.75, 3.05) is 5.32 Å². The van der Waals surface area contributed by atoms with Gasteiger partial charge in [-0.3, -0.25) is 10.1 Å². The average Bonchev–Trinajstić information content (AvgIpc) is 3.26. The first kappa shape index (κ1) is 17.4. The molecule has 2 heterocycles. The van der Waals surface area contributed by atoms with Crippen LogP contribution in [0.5, 0.6) is 0 Å². The molecule has 4 aromatic rings. The van der Waals surface area contributed by atoms with Crippen molar-refractivity contribution in [1.82, 2.24) is 15.2 Å². The number of hydrogen-bond donors (Lipinski definition) is 1. The molecule has 4 rings (SSSR count). The summed E-state index contributed by atoms with van der Waals surface area (Å²) in [5, 5.41) is 12.5. The van der Waals surface area contributed by atoms with E-state index in [-0.39, 0.29) is 5.91 Å². The summed E-state index contributed by atoms with van der Waals surface area (Å²) in [4.78, 5) is 16.7. The van der Waals surface area contributed by atoms with Crippen LogP contribution in [0.4, 0.5) is 5.13 Å². The number of amides is 1. The van der Waals surface area contributed by atoms with Crippen LogP contribution in [0.3, 0.4) is 0 Å². The second-order valence-electron chi connectivity index (χ2n) is 5.23. The zero-order valence-corrected chi connectivity index (χ0v) is 16.4. The van der Waals surface area contributed by atoms with Gasteiger partial charge in [-0.1, -0.05) is 59.0 Å². The van der Waals surface area contributed by atoms with E-state index in [4.69, 9.17) is 11.6 Å².